The van der Waals surface area contributed by atoms with Crippen molar-refractivity contribution in [1.82, 2.24) is 30.3 Å². The minimum Gasteiger partial charge on any atom is -0.373 e. The molecule has 1 saturated heterocycles. The normalized spacial score (nSPS) is 22.2. The van der Waals surface area contributed by atoms with Crippen molar-refractivity contribution in [3.05, 3.63) is 12.2 Å². The van der Waals surface area contributed by atoms with Gasteiger partial charge in [-0.25, -0.2) is 0 Å². The predicted octanol–water partition coefficient (Wildman–Crippen LogP) is 0.505. The van der Waals surface area contributed by atoms with Crippen molar-refractivity contribution in [2.75, 3.05) is 39.8 Å². The fourth-order valence-corrected chi connectivity index (χ4v) is 3.23. The van der Waals surface area contributed by atoms with Gasteiger partial charge in [-0.1, -0.05) is 6.92 Å². The molecule has 1 fully saturated rings. The fourth-order valence-electron chi connectivity index (χ4n) is 3.23. The van der Waals surface area contributed by atoms with E-state index in [2.05, 4.69) is 56.1 Å². The summed E-state index contributed by atoms with van der Waals surface area (Å²) in [6.07, 6.45) is 4.42. The number of hydrogen-bond donors (Lipinski definition) is 2. The van der Waals surface area contributed by atoms with Gasteiger partial charge in [0.25, 0.3) is 0 Å². The maximum absolute atomic E-state index is 5.77. The number of rotatable bonds is 8. The highest BCUT2D eigenvalue weighted by atomic mass is 16.5. The zero-order chi connectivity index (χ0) is 18.1. The van der Waals surface area contributed by atoms with Gasteiger partial charge < -0.3 is 19.9 Å². The molecule has 0 bridgehead atoms. The number of aryl methyl sites for hydroxylation is 1. The van der Waals surface area contributed by atoms with Gasteiger partial charge in [0.1, 0.15) is 12.2 Å². The van der Waals surface area contributed by atoms with Crippen LogP contribution in [0.15, 0.2) is 11.3 Å². The lowest BCUT2D eigenvalue weighted by molar-refractivity contribution is -0.0679. The Kier molecular flexibility index (Phi) is 8.14. The van der Waals surface area contributed by atoms with Crippen molar-refractivity contribution in [2.24, 2.45) is 4.99 Å². The smallest absolute Gasteiger partial charge is 0.191 e. The van der Waals surface area contributed by atoms with Crippen molar-refractivity contribution in [3.63, 3.8) is 0 Å². The number of guanidine groups is 1. The first-order valence-corrected chi connectivity index (χ1v) is 9.31. The standard InChI is InChI=1S/C17H33N7O/c1-5-16-22-21-13-24(16)10-8-20-17(18-4)19-7-6-9-23-11-14(2)25-15(3)12-23/h13-15H,5-12H2,1-4H3,(H2,18,19,20). The van der Waals surface area contributed by atoms with Crippen LogP contribution >= 0.6 is 0 Å². The van der Waals surface area contributed by atoms with E-state index < -0.39 is 0 Å². The molecule has 25 heavy (non-hydrogen) atoms. The zero-order valence-corrected chi connectivity index (χ0v) is 16.0. The molecular formula is C17H33N7O. The Bertz CT molecular complexity index is 521. The van der Waals surface area contributed by atoms with Crippen LogP contribution in [-0.4, -0.2) is 77.6 Å². The SMILES string of the molecule is CCc1nncn1CCNC(=NC)NCCCN1CC(C)OC(C)C1. The Morgan fingerprint density at radius 2 is 1.96 bits per heavy atom. The highest BCUT2D eigenvalue weighted by Crippen LogP contribution is 2.10. The number of nitrogens with zero attached hydrogens (tertiary/aromatic N) is 5. The maximum atomic E-state index is 5.77. The number of aromatic nitrogens is 3. The first-order valence-electron chi connectivity index (χ1n) is 9.31. The van der Waals surface area contributed by atoms with Crippen LogP contribution < -0.4 is 10.6 Å². The van der Waals surface area contributed by atoms with Crippen molar-refractivity contribution < 1.29 is 4.74 Å². The Balaban J connectivity index is 1.60. The molecule has 8 heteroatoms. The molecule has 1 aromatic heterocycles. The average molecular weight is 351 g/mol. The minimum atomic E-state index is 0.330. The van der Waals surface area contributed by atoms with Crippen molar-refractivity contribution in [2.45, 2.75) is 52.4 Å². The largest absolute Gasteiger partial charge is 0.373 e. The molecule has 1 aromatic rings. The van der Waals surface area contributed by atoms with Gasteiger partial charge in [0.15, 0.2) is 5.96 Å². The molecule has 2 heterocycles. The predicted molar refractivity (Wildman–Crippen MR) is 99.8 cm³/mol. The topological polar surface area (TPSA) is 79.6 Å². The van der Waals surface area contributed by atoms with Crippen LogP contribution in [0.2, 0.25) is 0 Å². The van der Waals surface area contributed by atoms with Crippen LogP contribution in [-0.2, 0) is 17.7 Å². The molecule has 2 atom stereocenters. The summed E-state index contributed by atoms with van der Waals surface area (Å²) in [7, 11) is 1.80. The molecule has 1 aliphatic heterocycles. The molecule has 2 unspecified atom stereocenters. The summed E-state index contributed by atoms with van der Waals surface area (Å²) >= 11 is 0. The second-order valence-electron chi connectivity index (χ2n) is 6.59. The van der Waals surface area contributed by atoms with E-state index in [1.54, 1.807) is 13.4 Å². The second-order valence-corrected chi connectivity index (χ2v) is 6.59. The number of ether oxygens (including phenoxy) is 1. The summed E-state index contributed by atoms with van der Waals surface area (Å²) < 4.78 is 7.84. The minimum absolute atomic E-state index is 0.330. The summed E-state index contributed by atoms with van der Waals surface area (Å²) in [5, 5.41) is 14.8. The maximum Gasteiger partial charge on any atom is 0.191 e. The van der Waals surface area contributed by atoms with Crippen LogP contribution in [0.5, 0.6) is 0 Å². The molecule has 0 aliphatic carbocycles. The summed E-state index contributed by atoms with van der Waals surface area (Å²) in [5.74, 6) is 1.86. The number of nitrogens with one attached hydrogen (secondary N) is 2. The van der Waals surface area contributed by atoms with Crippen molar-refractivity contribution in [3.8, 4) is 0 Å². The Hall–Kier alpha value is -1.67. The molecular weight excluding hydrogens is 318 g/mol. The van der Waals surface area contributed by atoms with Gasteiger partial charge in [-0.2, -0.15) is 0 Å². The Morgan fingerprint density at radius 3 is 2.64 bits per heavy atom. The lowest BCUT2D eigenvalue weighted by atomic mass is 10.2. The van der Waals surface area contributed by atoms with Crippen LogP contribution in [0.3, 0.4) is 0 Å². The summed E-state index contributed by atoms with van der Waals surface area (Å²) in [6.45, 7) is 12.0. The lowest BCUT2D eigenvalue weighted by Gasteiger charge is -2.35. The van der Waals surface area contributed by atoms with E-state index in [1.807, 2.05) is 0 Å². The quantitative estimate of drug-likeness (QED) is 0.403. The highest BCUT2D eigenvalue weighted by molar-refractivity contribution is 5.79. The first-order chi connectivity index (χ1) is 12.1. The highest BCUT2D eigenvalue weighted by Gasteiger charge is 2.21. The van der Waals surface area contributed by atoms with E-state index in [0.717, 1.165) is 63.9 Å². The lowest BCUT2D eigenvalue weighted by Crippen LogP contribution is -2.46. The monoisotopic (exact) mass is 351 g/mol. The molecule has 0 spiro atoms. The molecule has 2 rings (SSSR count). The molecule has 2 N–H and O–H groups in total. The van der Waals surface area contributed by atoms with Crippen LogP contribution in [0.1, 0.15) is 33.0 Å². The summed E-state index contributed by atoms with van der Waals surface area (Å²) in [4.78, 5) is 6.76. The molecule has 0 saturated carbocycles. The van der Waals surface area contributed by atoms with E-state index in [-0.39, 0.29) is 0 Å². The van der Waals surface area contributed by atoms with Crippen LogP contribution in [0.25, 0.3) is 0 Å². The van der Waals surface area contributed by atoms with Gasteiger partial charge in [0.2, 0.25) is 0 Å². The summed E-state index contributed by atoms with van der Waals surface area (Å²) in [6, 6.07) is 0. The van der Waals surface area contributed by atoms with E-state index in [4.69, 9.17) is 4.74 Å². The van der Waals surface area contributed by atoms with Crippen molar-refractivity contribution in [1.29, 1.82) is 0 Å². The van der Waals surface area contributed by atoms with E-state index in [0.29, 0.717) is 12.2 Å². The van der Waals surface area contributed by atoms with E-state index >= 15 is 0 Å². The van der Waals surface area contributed by atoms with Gasteiger partial charge in [-0.05, 0) is 20.3 Å². The molecule has 0 aromatic carbocycles. The van der Waals surface area contributed by atoms with Gasteiger partial charge in [-0.15, -0.1) is 10.2 Å². The number of morpholine rings is 1. The average Bonchev–Trinajstić information content (AvgIpc) is 3.03. The molecule has 0 radical (unpaired) electrons. The number of aliphatic imine (C=N–C) groups is 1. The first kappa shape index (κ1) is 19.7. The van der Waals surface area contributed by atoms with E-state index in [1.165, 1.54) is 0 Å². The van der Waals surface area contributed by atoms with Gasteiger partial charge in [0.05, 0.1) is 12.2 Å². The number of hydrogen-bond acceptors (Lipinski definition) is 5. The van der Waals surface area contributed by atoms with Gasteiger partial charge >= 0.3 is 0 Å². The van der Waals surface area contributed by atoms with Crippen molar-refractivity contribution >= 4 is 5.96 Å². The third-order valence-corrected chi connectivity index (χ3v) is 4.32. The third-order valence-electron chi connectivity index (χ3n) is 4.32. The second kappa shape index (κ2) is 10.4. The Labute approximate surface area is 151 Å². The van der Waals surface area contributed by atoms with Gasteiger partial charge in [0, 0.05) is 52.7 Å². The van der Waals surface area contributed by atoms with Crippen LogP contribution in [0, 0.1) is 0 Å². The van der Waals surface area contributed by atoms with Crippen LogP contribution in [0.4, 0.5) is 0 Å². The fraction of sp³-hybridized carbons (Fsp3) is 0.824. The summed E-state index contributed by atoms with van der Waals surface area (Å²) in [5.41, 5.74) is 0. The third kappa shape index (κ3) is 6.62. The molecule has 0 amide bonds. The zero-order valence-electron chi connectivity index (χ0n) is 16.0. The van der Waals surface area contributed by atoms with Gasteiger partial charge in [-0.3, -0.25) is 9.89 Å². The van der Waals surface area contributed by atoms with E-state index in [9.17, 15) is 0 Å². The molecule has 1 aliphatic rings. The Morgan fingerprint density at radius 1 is 1.24 bits per heavy atom. The molecule has 8 nitrogen and oxygen atoms in total. The molecule has 142 valence electrons.